The van der Waals surface area contributed by atoms with E-state index in [-0.39, 0.29) is 0 Å². The molecule has 2 aromatic carbocycles. The summed E-state index contributed by atoms with van der Waals surface area (Å²) in [5.41, 5.74) is 1.20. The summed E-state index contributed by atoms with van der Waals surface area (Å²) in [6.07, 6.45) is 2.06. The minimum Gasteiger partial charge on any atom is -0.457 e. The van der Waals surface area contributed by atoms with Gasteiger partial charge in [0.15, 0.2) is 0 Å². The van der Waals surface area contributed by atoms with Gasteiger partial charge in [0.2, 0.25) is 0 Å². The minimum atomic E-state index is 0.866. The number of benzene rings is 2. The lowest BCUT2D eigenvalue weighted by Crippen LogP contribution is -1.84. The van der Waals surface area contributed by atoms with E-state index in [9.17, 15) is 0 Å². The first-order valence-electron chi connectivity index (χ1n) is 5.01. The zero-order valence-corrected chi connectivity index (χ0v) is 8.68. The van der Waals surface area contributed by atoms with Crippen LogP contribution in [-0.2, 0) is 0 Å². The maximum absolute atomic E-state index is 5.66. The van der Waals surface area contributed by atoms with E-state index in [4.69, 9.17) is 4.74 Å². The van der Waals surface area contributed by atoms with E-state index in [2.05, 4.69) is 6.42 Å². The SMILES string of the molecule is C[CH]c1ccc(Oc2ccccc2)cc1. The van der Waals surface area contributed by atoms with Crippen molar-refractivity contribution in [3.8, 4) is 11.5 Å². The van der Waals surface area contributed by atoms with Crippen molar-refractivity contribution in [2.45, 2.75) is 6.92 Å². The zero-order chi connectivity index (χ0) is 10.5. The van der Waals surface area contributed by atoms with Crippen LogP contribution in [0.3, 0.4) is 0 Å². The molecule has 0 aromatic heterocycles. The molecule has 0 unspecified atom stereocenters. The summed E-state index contributed by atoms with van der Waals surface area (Å²) in [7, 11) is 0. The lowest BCUT2D eigenvalue weighted by Gasteiger charge is -2.05. The summed E-state index contributed by atoms with van der Waals surface area (Å²) in [6.45, 7) is 2.02. The second kappa shape index (κ2) is 4.65. The van der Waals surface area contributed by atoms with Gasteiger partial charge >= 0.3 is 0 Å². The summed E-state index contributed by atoms with van der Waals surface area (Å²) in [5, 5.41) is 0. The van der Waals surface area contributed by atoms with Crippen LogP contribution in [0.25, 0.3) is 0 Å². The van der Waals surface area contributed by atoms with Crippen molar-refractivity contribution in [1.82, 2.24) is 0 Å². The van der Waals surface area contributed by atoms with Gasteiger partial charge in [0.1, 0.15) is 11.5 Å². The van der Waals surface area contributed by atoms with Gasteiger partial charge in [-0.2, -0.15) is 0 Å². The Bertz CT molecular complexity index is 403. The van der Waals surface area contributed by atoms with E-state index < -0.39 is 0 Å². The molecule has 0 heterocycles. The van der Waals surface area contributed by atoms with Crippen LogP contribution in [0.2, 0.25) is 0 Å². The highest BCUT2D eigenvalue weighted by Crippen LogP contribution is 2.21. The number of rotatable bonds is 3. The lowest BCUT2D eigenvalue weighted by atomic mass is 10.2. The summed E-state index contributed by atoms with van der Waals surface area (Å²) >= 11 is 0. The van der Waals surface area contributed by atoms with E-state index in [1.165, 1.54) is 5.56 Å². The Balaban J connectivity index is 2.11. The topological polar surface area (TPSA) is 9.23 Å². The van der Waals surface area contributed by atoms with Gasteiger partial charge in [-0.25, -0.2) is 0 Å². The lowest BCUT2D eigenvalue weighted by molar-refractivity contribution is 0.482. The maximum Gasteiger partial charge on any atom is 0.127 e. The van der Waals surface area contributed by atoms with Crippen molar-refractivity contribution >= 4 is 0 Å². The number of ether oxygens (including phenoxy) is 1. The predicted molar refractivity (Wildman–Crippen MR) is 62.0 cm³/mol. The van der Waals surface area contributed by atoms with Gasteiger partial charge in [-0.15, -0.1) is 0 Å². The fourth-order valence-electron chi connectivity index (χ4n) is 1.35. The van der Waals surface area contributed by atoms with Gasteiger partial charge < -0.3 is 4.74 Å². The molecule has 1 nitrogen and oxygen atoms in total. The molecule has 0 saturated heterocycles. The molecule has 0 amide bonds. The van der Waals surface area contributed by atoms with E-state index in [0.29, 0.717) is 0 Å². The van der Waals surface area contributed by atoms with Crippen LogP contribution in [0.15, 0.2) is 54.6 Å². The second-order valence-corrected chi connectivity index (χ2v) is 3.27. The van der Waals surface area contributed by atoms with Crippen LogP contribution in [0.5, 0.6) is 11.5 Å². The number of hydrogen-bond donors (Lipinski definition) is 0. The van der Waals surface area contributed by atoms with Crippen molar-refractivity contribution < 1.29 is 4.74 Å². The first kappa shape index (κ1) is 9.78. The van der Waals surface area contributed by atoms with Gasteiger partial charge in [0, 0.05) is 0 Å². The van der Waals surface area contributed by atoms with E-state index in [1.807, 2.05) is 61.5 Å². The average molecular weight is 197 g/mol. The largest absolute Gasteiger partial charge is 0.457 e. The first-order chi connectivity index (χ1) is 7.38. The third kappa shape index (κ3) is 2.59. The Morgan fingerprint density at radius 2 is 1.40 bits per heavy atom. The Morgan fingerprint density at radius 1 is 0.800 bits per heavy atom. The van der Waals surface area contributed by atoms with Crippen LogP contribution >= 0.6 is 0 Å². The van der Waals surface area contributed by atoms with Crippen LogP contribution in [-0.4, -0.2) is 0 Å². The molecule has 0 fully saturated rings. The quantitative estimate of drug-likeness (QED) is 0.721. The fraction of sp³-hybridized carbons (Fsp3) is 0.0714. The summed E-state index contributed by atoms with van der Waals surface area (Å²) in [5.74, 6) is 1.73. The molecule has 0 aliphatic heterocycles. The molecule has 2 rings (SSSR count). The van der Waals surface area contributed by atoms with Crippen LogP contribution in [0, 0.1) is 6.42 Å². The molecule has 1 heteroatoms. The summed E-state index contributed by atoms with van der Waals surface area (Å²) in [6, 6.07) is 17.8. The standard InChI is InChI=1S/C14H13O/c1-2-12-8-10-14(11-9-12)15-13-6-4-3-5-7-13/h2-11H,1H3. The molecular weight excluding hydrogens is 184 g/mol. The highest BCUT2D eigenvalue weighted by atomic mass is 16.5. The molecule has 0 atom stereocenters. The van der Waals surface area contributed by atoms with Crippen molar-refractivity contribution in [2.75, 3.05) is 0 Å². The van der Waals surface area contributed by atoms with Gasteiger partial charge in [-0.3, -0.25) is 0 Å². The normalized spacial score (nSPS) is 9.93. The smallest absolute Gasteiger partial charge is 0.127 e. The van der Waals surface area contributed by atoms with Gasteiger partial charge in [-0.1, -0.05) is 37.3 Å². The maximum atomic E-state index is 5.66. The Morgan fingerprint density at radius 3 is 2.00 bits per heavy atom. The van der Waals surface area contributed by atoms with Crippen LogP contribution < -0.4 is 4.74 Å². The fourth-order valence-corrected chi connectivity index (χ4v) is 1.35. The second-order valence-electron chi connectivity index (χ2n) is 3.27. The highest BCUT2D eigenvalue weighted by Gasteiger charge is 1.95. The van der Waals surface area contributed by atoms with Gasteiger partial charge in [0.05, 0.1) is 0 Å². The average Bonchev–Trinajstić information content (AvgIpc) is 2.31. The highest BCUT2D eigenvalue weighted by molar-refractivity contribution is 5.34. The predicted octanol–water partition coefficient (Wildman–Crippen LogP) is 4.05. The molecule has 0 bridgehead atoms. The first-order valence-corrected chi connectivity index (χ1v) is 5.01. The van der Waals surface area contributed by atoms with Gasteiger partial charge in [-0.05, 0) is 36.2 Å². The van der Waals surface area contributed by atoms with Crippen molar-refractivity contribution in [3.63, 3.8) is 0 Å². The third-order valence-electron chi connectivity index (χ3n) is 2.19. The van der Waals surface area contributed by atoms with E-state index in [1.54, 1.807) is 0 Å². The summed E-state index contributed by atoms with van der Waals surface area (Å²) < 4.78 is 5.66. The molecule has 0 aliphatic carbocycles. The van der Waals surface area contributed by atoms with Crippen LogP contribution in [0.1, 0.15) is 12.5 Å². The molecule has 0 spiro atoms. The van der Waals surface area contributed by atoms with E-state index in [0.717, 1.165) is 11.5 Å². The molecule has 75 valence electrons. The monoisotopic (exact) mass is 197 g/mol. The minimum absolute atomic E-state index is 0.866. The molecule has 1 radical (unpaired) electrons. The van der Waals surface area contributed by atoms with Crippen LogP contribution in [0.4, 0.5) is 0 Å². The molecule has 0 saturated carbocycles. The number of hydrogen-bond acceptors (Lipinski definition) is 1. The third-order valence-corrected chi connectivity index (χ3v) is 2.19. The van der Waals surface area contributed by atoms with E-state index >= 15 is 0 Å². The summed E-state index contributed by atoms with van der Waals surface area (Å²) in [4.78, 5) is 0. The van der Waals surface area contributed by atoms with Crippen molar-refractivity contribution in [2.24, 2.45) is 0 Å². The molecule has 0 aliphatic rings. The molecule has 2 aromatic rings. The molecular formula is C14H13O. The molecule has 15 heavy (non-hydrogen) atoms. The Hall–Kier alpha value is -1.76. The van der Waals surface area contributed by atoms with Gasteiger partial charge in [0.25, 0.3) is 0 Å². The zero-order valence-electron chi connectivity index (χ0n) is 8.68. The van der Waals surface area contributed by atoms with Crippen molar-refractivity contribution in [1.29, 1.82) is 0 Å². The molecule has 0 N–H and O–H groups in total. The number of para-hydroxylation sites is 1. The van der Waals surface area contributed by atoms with Crippen molar-refractivity contribution in [3.05, 3.63) is 66.6 Å². The Labute approximate surface area is 90.3 Å². The Kier molecular flexibility index (Phi) is 3.03.